The topological polar surface area (TPSA) is 15.8 Å². The third kappa shape index (κ3) is 2.62. The lowest BCUT2D eigenvalue weighted by Crippen LogP contribution is -1.79. The fourth-order valence-corrected chi connectivity index (χ4v) is 1.77. The highest BCUT2D eigenvalue weighted by molar-refractivity contribution is 5.83. The van der Waals surface area contributed by atoms with Gasteiger partial charge >= 0.3 is 0 Å². The lowest BCUT2D eigenvalue weighted by Gasteiger charge is -1.96. The van der Waals surface area contributed by atoms with E-state index < -0.39 is 0 Å². The van der Waals surface area contributed by atoms with Gasteiger partial charge in [-0.05, 0) is 31.0 Å². The zero-order valence-electron chi connectivity index (χ0n) is 10.2. The molecule has 0 aliphatic carbocycles. The molecule has 2 rings (SSSR count). The number of hydrogen-bond donors (Lipinski definition) is 1. The van der Waals surface area contributed by atoms with Crippen LogP contribution in [-0.4, -0.2) is 4.98 Å². The van der Waals surface area contributed by atoms with Crippen molar-refractivity contribution in [1.29, 1.82) is 0 Å². The average Bonchev–Trinajstić information content (AvgIpc) is 2.65. The number of aromatic nitrogens is 1. The zero-order valence-corrected chi connectivity index (χ0v) is 10.2. The monoisotopic (exact) mass is 203 g/mol. The van der Waals surface area contributed by atoms with Gasteiger partial charge in [0.2, 0.25) is 0 Å². The number of hydrogen-bond acceptors (Lipinski definition) is 0. The van der Waals surface area contributed by atoms with Crippen LogP contribution in [0.3, 0.4) is 0 Å². The van der Waals surface area contributed by atoms with Gasteiger partial charge in [-0.2, -0.15) is 0 Å². The Morgan fingerprint density at radius 2 is 1.93 bits per heavy atom. The molecule has 0 spiro atoms. The van der Waals surface area contributed by atoms with Crippen LogP contribution in [0.2, 0.25) is 0 Å². The van der Waals surface area contributed by atoms with E-state index in [0.29, 0.717) is 0 Å². The van der Waals surface area contributed by atoms with Gasteiger partial charge in [0.15, 0.2) is 0 Å². The van der Waals surface area contributed by atoms with Crippen LogP contribution in [0.4, 0.5) is 0 Å². The maximum atomic E-state index is 3.30. The van der Waals surface area contributed by atoms with E-state index in [9.17, 15) is 0 Å². The molecule has 15 heavy (non-hydrogen) atoms. The molecular weight excluding hydrogens is 182 g/mol. The van der Waals surface area contributed by atoms with E-state index in [1.54, 1.807) is 0 Å². The van der Waals surface area contributed by atoms with Crippen molar-refractivity contribution in [3.63, 3.8) is 0 Å². The first-order chi connectivity index (χ1) is 7.31. The zero-order chi connectivity index (χ0) is 11.3. The summed E-state index contributed by atoms with van der Waals surface area (Å²) in [5.41, 5.74) is 4.04. The molecule has 1 N–H and O–H groups in total. The van der Waals surface area contributed by atoms with Gasteiger partial charge in [0.1, 0.15) is 0 Å². The van der Waals surface area contributed by atoms with E-state index in [0.717, 1.165) is 0 Å². The molecule has 0 aliphatic heterocycles. The molecule has 1 heteroatoms. The summed E-state index contributed by atoms with van der Waals surface area (Å²) in [4.78, 5) is 3.30. The average molecular weight is 203 g/mol. The number of rotatable bonds is 2. The second-order valence-electron chi connectivity index (χ2n) is 3.61. The molecule has 1 heterocycles. The number of H-pyrrole nitrogens is 1. The lowest BCUT2D eigenvalue weighted by atomic mass is 10.1. The number of aromatic amines is 1. The SMILES string of the molecule is CC.CCCc1c[nH]c2ccc(C)cc12. The maximum absolute atomic E-state index is 3.30. The van der Waals surface area contributed by atoms with Crippen molar-refractivity contribution in [2.24, 2.45) is 0 Å². The van der Waals surface area contributed by atoms with Gasteiger partial charge in [-0.25, -0.2) is 0 Å². The van der Waals surface area contributed by atoms with E-state index in [-0.39, 0.29) is 0 Å². The van der Waals surface area contributed by atoms with E-state index in [1.807, 2.05) is 13.8 Å². The van der Waals surface area contributed by atoms with Crippen molar-refractivity contribution >= 4 is 10.9 Å². The number of fused-ring (bicyclic) bond motifs is 1. The molecule has 82 valence electrons. The Morgan fingerprint density at radius 1 is 1.20 bits per heavy atom. The molecule has 1 aromatic heterocycles. The summed E-state index contributed by atoms with van der Waals surface area (Å²) < 4.78 is 0. The fourth-order valence-electron chi connectivity index (χ4n) is 1.77. The molecule has 0 atom stereocenters. The smallest absolute Gasteiger partial charge is 0.0456 e. The number of benzene rings is 1. The Labute approximate surface area is 92.5 Å². The maximum Gasteiger partial charge on any atom is 0.0456 e. The highest BCUT2D eigenvalue weighted by Crippen LogP contribution is 2.20. The van der Waals surface area contributed by atoms with E-state index in [4.69, 9.17) is 0 Å². The Balaban J connectivity index is 0.000000531. The molecule has 0 unspecified atom stereocenters. The Hall–Kier alpha value is -1.24. The second-order valence-corrected chi connectivity index (χ2v) is 3.61. The fraction of sp³-hybridized carbons (Fsp3) is 0.429. The van der Waals surface area contributed by atoms with Gasteiger partial charge in [0.05, 0.1) is 0 Å². The Kier molecular flexibility index (Phi) is 4.41. The third-order valence-corrected chi connectivity index (χ3v) is 2.44. The van der Waals surface area contributed by atoms with Crippen LogP contribution in [-0.2, 0) is 6.42 Å². The molecule has 0 bridgehead atoms. The number of nitrogens with one attached hydrogen (secondary N) is 1. The second kappa shape index (κ2) is 5.59. The van der Waals surface area contributed by atoms with Crippen LogP contribution in [0.25, 0.3) is 10.9 Å². The third-order valence-electron chi connectivity index (χ3n) is 2.44. The quantitative estimate of drug-likeness (QED) is 0.742. The summed E-state index contributed by atoms with van der Waals surface area (Å²) in [5.74, 6) is 0. The summed E-state index contributed by atoms with van der Waals surface area (Å²) in [7, 11) is 0. The molecule has 0 aliphatic rings. The van der Waals surface area contributed by atoms with Gasteiger partial charge in [-0.15, -0.1) is 0 Å². The molecule has 0 saturated carbocycles. The van der Waals surface area contributed by atoms with Gasteiger partial charge in [0.25, 0.3) is 0 Å². The first-order valence-corrected chi connectivity index (χ1v) is 5.88. The van der Waals surface area contributed by atoms with Crippen LogP contribution in [0.5, 0.6) is 0 Å². The van der Waals surface area contributed by atoms with Crippen LogP contribution in [0.15, 0.2) is 24.4 Å². The Morgan fingerprint density at radius 3 is 2.60 bits per heavy atom. The van der Waals surface area contributed by atoms with Crippen LogP contribution >= 0.6 is 0 Å². The molecule has 1 aromatic carbocycles. The van der Waals surface area contributed by atoms with E-state index in [1.165, 1.54) is 34.9 Å². The summed E-state index contributed by atoms with van der Waals surface area (Å²) in [6, 6.07) is 6.56. The lowest BCUT2D eigenvalue weighted by molar-refractivity contribution is 0.929. The minimum Gasteiger partial charge on any atom is -0.361 e. The molecule has 0 fully saturated rings. The molecule has 1 nitrogen and oxygen atoms in total. The molecule has 0 radical (unpaired) electrons. The standard InChI is InChI=1S/C12H15N.C2H6/c1-3-4-10-8-13-12-6-5-9(2)7-11(10)12;1-2/h5-8,13H,3-4H2,1-2H3;1-2H3. The van der Waals surface area contributed by atoms with Gasteiger partial charge in [0, 0.05) is 17.1 Å². The summed E-state index contributed by atoms with van der Waals surface area (Å²) in [5, 5.41) is 1.39. The van der Waals surface area contributed by atoms with Crippen molar-refractivity contribution in [2.75, 3.05) is 0 Å². The predicted molar refractivity (Wildman–Crippen MR) is 68.4 cm³/mol. The van der Waals surface area contributed by atoms with Crippen LogP contribution < -0.4 is 0 Å². The summed E-state index contributed by atoms with van der Waals surface area (Å²) in [6.07, 6.45) is 4.51. The minimum atomic E-state index is 1.17. The van der Waals surface area contributed by atoms with E-state index >= 15 is 0 Å². The summed E-state index contributed by atoms with van der Waals surface area (Å²) >= 11 is 0. The first kappa shape index (κ1) is 11.8. The highest BCUT2D eigenvalue weighted by Gasteiger charge is 2.01. The summed E-state index contributed by atoms with van der Waals surface area (Å²) in [6.45, 7) is 8.36. The predicted octanol–water partition coefficient (Wildman–Crippen LogP) is 4.46. The molecule has 0 amide bonds. The molecule has 2 aromatic rings. The van der Waals surface area contributed by atoms with Gasteiger partial charge in [-0.3, -0.25) is 0 Å². The van der Waals surface area contributed by atoms with E-state index in [2.05, 4.69) is 43.2 Å². The van der Waals surface area contributed by atoms with Crippen LogP contribution in [0, 0.1) is 6.92 Å². The largest absolute Gasteiger partial charge is 0.361 e. The number of aryl methyl sites for hydroxylation is 2. The van der Waals surface area contributed by atoms with Crippen molar-refractivity contribution < 1.29 is 0 Å². The minimum absolute atomic E-state index is 1.17. The molecule has 0 saturated heterocycles. The van der Waals surface area contributed by atoms with Crippen molar-refractivity contribution in [3.8, 4) is 0 Å². The molecular formula is C14H21N. The highest BCUT2D eigenvalue weighted by atomic mass is 14.7. The van der Waals surface area contributed by atoms with Gasteiger partial charge < -0.3 is 4.98 Å². The van der Waals surface area contributed by atoms with Crippen molar-refractivity contribution in [1.82, 2.24) is 4.98 Å². The normalized spacial score (nSPS) is 9.87. The van der Waals surface area contributed by atoms with Crippen molar-refractivity contribution in [2.45, 2.75) is 40.5 Å². The van der Waals surface area contributed by atoms with Gasteiger partial charge in [-0.1, -0.05) is 38.8 Å². The van der Waals surface area contributed by atoms with Crippen molar-refractivity contribution in [3.05, 3.63) is 35.5 Å². The first-order valence-electron chi connectivity index (χ1n) is 5.88. The van der Waals surface area contributed by atoms with Crippen LogP contribution in [0.1, 0.15) is 38.3 Å². The Bertz CT molecular complexity index is 412.